The molecule has 6 nitrogen and oxygen atoms in total. The number of rotatable bonds is 6. The van der Waals surface area contributed by atoms with Gasteiger partial charge in [-0.25, -0.2) is 4.98 Å². The lowest BCUT2D eigenvalue weighted by Gasteiger charge is -2.27. The van der Waals surface area contributed by atoms with Crippen molar-refractivity contribution in [3.05, 3.63) is 58.7 Å². The largest absolute Gasteiger partial charge is 0.379 e. The smallest absolute Gasteiger partial charge is 0.260 e. The van der Waals surface area contributed by atoms with Crippen LogP contribution in [-0.2, 0) is 4.74 Å². The second-order valence-electron chi connectivity index (χ2n) is 7.80. The second kappa shape index (κ2) is 10.9. The molecule has 0 unspecified atom stereocenters. The number of nitrogens with zero attached hydrogens (tertiary/aromatic N) is 4. The third-order valence-corrected chi connectivity index (χ3v) is 6.81. The van der Waals surface area contributed by atoms with Crippen LogP contribution < -0.4 is 4.90 Å². The molecule has 0 aliphatic carbocycles. The summed E-state index contributed by atoms with van der Waals surface area (Å²) >= 11 is 1.55. The number of thiazole rings is 1. The van der Waals surface area contributed by atoms with Crippen molar-refractivity contribution in [3.8, 4) is 6.07 Å². The first-order chi connectivity index (χ1) is 15.1. The zero-order valence-electron chi connectivity index (χ0n) is 18.3. The first kappa shape index (κ1) is 24.1. The number of anilines is 1. The topological polar surface area (TPSA) is 69.5 Å². The zero-order chi connectivity index (χ0) is 21.8. The van der Waals surface area contributed by atoms with Crippen LogP contribution in [0.2, 0.25) is 0 Å². The number of nitriles is 1. The number of aromatic nitrogens is 1. The fraction of sp³-hybridized carbons (Fsp3) is 0.375. The molecule has 1 amide bonds. The van der Waals surface area contributed by atoms with E-state index in [-0.39, 0.29) is 18.3 Å². The molecule has 0 saturated carbocycles. The van der Waals surface area contributed by atoms with Gasteiger partial charge in [-0.3, -0.25) is 14.6 Å². The molecule has 0 radical (unpaired) electrons. The third-order valence-electron chi connectivity index (χ3n) is 5.77. The Kier molecular flexibility index (Phi) is 8.21. The molecule has 0 bridgehead atoms. The summed E-state index contributed by atoms with van der Waals surface area (Å²) in [6.07, 6.45) is 0.857. The Balaban J connectivity index is 0.00000289. The molecule has 1 aliphatic rings. The first-order valence-corrected chi connectivity index (χ1v) is 11.4. The van der Waals surface area contributed by atoms with E-state index >= 15 is 0 Å². The second-order valence-corrected chi connectivity index (χ2v) is 8.81. The van der Waals surface area contributed by atoms with Gasteiger partial charge in [-0.15, -0.1) is 12.4 Å². The summed E-state index contributed by atoms with van der Waals surface area (Å²) in [6.45, 7) is 9.07. The Bertz CT molecular complexity index is 1120. The molecular weight excluding hydrogens is 444 g/mol. The Morgan fingerprint density at radius 1 is 1.19 bits per heavy atom. The van der Waals surface area contributed by atoms with Gasteiger partial charge < -0.3 is 4.74 Å². The molecular formula is C24H27ClN4O2S. The summed E-state index contributed by atoms with van der Waals surface area (Å²) in [4.78, 5) is 22.5. The molecule has 1 aromatic heterocycles. The molecule has 8 heteroatoms. The Hall–Kier alpha value is -2.50. The predicted octanol–water partition coefficient (Wildman–Crippen LogP) is 4.58. The fourth-order valence-corrected chi connectivity index (χ4v) is 4.78. The molecule has 1 fully saturated rings. The summed E-state index contributed by atoms with van der Waals surface area (Å²) in [5.41, 5.74) is 4.42. The highest BCUT2D eigenvalue weighted by Gasteiger charge is 2.22. The van der Waals surface area contributed by atoms with Crippen LogP contribution in [0.1, 0.15) is 33.5 Å². The van der Waals surface area contributed by atoms with Gasteiger partial charge in [0.15, 0.2) is 5.13 Å². The van der Waals surface area contributed by atoms with Crippen molar-refractivity contribution in [2.45, 2.75) is 20.3 Å². The number of carbonyl (C=O) groups is 1. The molecule has 0 N–H and O–H groups in total. The molecule has 0 atom stereocenters. The van der Waals surface area contributed by atoms with Crippen molar-refractivity contribution in [1.82, 2.24) is 9.88 Å². The van der Waals surface area contributed by atoms with Crippen molar-refractivity contribution in [3.63, 3.8) is 0 Å². The van der Waals surface area contributed by atoms with E-state index in [9.17, 15) is 4.79 Å². The average Bonchev–Trinajstić information content (AvgIpc) is 3.24. The molecule has 4 rings (SSSR count). The van der Waals surface area contributed by atoms with Crippen molar-refractivity contribution in [2.75, 3.05) is 44.3 Å². The number of hydrogen-bond acceptors (Lipinski definition) is 6. The van der Waals surface area contributed by atoms with E-state index < -0.39 is 0 Å². The summed E-state index contributed by atoms with van der Waals surface area (Å²) in [5.74, 6) is -0.0834. The SMILES string of the molecule is Cc1ccc2sc(N(CCCN3CCOCC3)C(=O)c3ccc(C#N)cc3)nc2c1C.Cl. The molecule has 2 aromatic carbocycles. The van der Waals surface area contributed by atoms with Gasteiger partial charge in [-0.1, -0.05) is 17.4 Å². The van der Waals surface area contributed by atoms with E-state index in [1.54, 1.807) is 40.5 Å². The van der Waals surface area contributed by atoms with E-state index in [0.717, 1.165) is 60.2 Å². The zero-order valence-corrected chi connectivity index (χ0v) is 20.0. The maximum Gasteiger partial charge on any atom is 0.260 e. The molecule has 3 aromatic rings. The number of fused-ring (bicyclic) bond motifs is 1. The van der Waals surface area contributed by atoms with Crippen LogP contribution in [0.4, 0.5) is 5.13 Å². The van der Waals surface area contributed by atoms with E-state index in [0.29, 0.717) is 17.7 Å². The molecule has 1 saturated heterocycles. The summed E-state index contributed by atoms with van der Waals surface area (Å²) in [6, 6.07) is 13.1. The monoisotopic (exact) mass is 470 g/mol. The standard InChI is InChI=1S/C24H26N4O2S.ClH/c1-17-4-9-21-22(18(17)2)26-24(31-21)28(11-3-10-27-12-14-30-15-13-27)23(29)20-7-5-19(16-25)6-8-20;/h4-9H,3,10-15H2,1-2H3;1H. The quantitative estimate of drug-likeness (QED) is 0.527. The van der Waals surface area contributed by atoms with Gasteiger partial charge in [-0.2, -0.15) is 5.26 Å². The minimum absolute atomic E-state index is 0. The lowest BCUT2D eigenvalue weighted by molar-refractivity contribution is 0.0376. The maximum absolute atomic E-state index is 13.4. The van der Waals surface area contributed by atoms with Crippen molar-refractivity contribution in [1.29, 1.82) is 5.26 Å². The van der Waals surface area contributed by atoms with Crippen molar-refractivity contribution >= 4 is 45.0 Å². The van der Waals surface area contributed by atoms with Crippen LogP contribution in [0.5, 0.6) is 0 Å². The Morgan fingerprint density at radius 2 is 1.91 bits per heavy atom. The maximum atomic E-state index is 13.4. The summed E-state index contributed by atoms with van der Waals surface area (Å²) in [5, 5.41) is 9.78. The third kappa shape index (κ3) is 5.28. The van der Waals surface area contributed by atoms with Crippen molar-refractivity contribution < 1.29 is 9.53 Å². The normalized spacial score (nSPS) is 14.0. The van der Waals surface area contributed by atoms with E-state index in [2.05, 4.69) is 36.9 Å². The van der Waals surface area contributed by atoms with E-state index in [1.807, 2.05) is 0 Å². The van der Waals surface area contributed by atoms with Crippen LogP contribution in [0.25, 0.3) is 10.2 Å². The van der Waals surface area contributed by atoms with Crippen LogP contribution in [0.15, 0.2) is 36.4 Å². The number of benzene rings is 2. The molecule has 168 valence electrons. The average molecular weight is 471 g/mol. The number of aryl methyl sites for hydroxylation is 2. The van der Waals surface area contributed by atoms with Crippen LogP contribution in [-0.4, -0.2) is 55.2 Å². The first-order valence-electron chi connectivity index (χ1n) is 10.6. The molecule has 32 heavy (non-hydrogen) atoms. The van der Waals surface area contributed by atoms with Gasteiger partial charge >= 0.3 is 0 Å². The van der Waals surface area contributed by atoms with Crippen LogP contribution in [0.3, 0.4) is 0 Å². The van der Waals surface area contributed by atoms with Crippen molar-refractivity contribution in [2.24, 2.45) is 0 Å². The highest BCUT2D eigenvalue weighted by atomic mass is 35.5. The number of ether oxygens (including phenoxy) is 1. The predicted molar refractivity (Wildman–Crippen MR) is 131 cm³/mol. The number of morpholine rings is 1. The van der Waals surface area contributed by atoms with Crippen LogP contribution in [0, 0.1) is 25.2 Å². The van der Waals surface area contributed by atoms with Gasteiger partial charge in [-0.05, 0) is 61.7 Å². The molecule has 1 aliphatic heterocycles. The van der Waals surface area contributed by atoms with Crippen LogP contribution >= 0.6 is 23.7 Å². The minimum atomic E-state index is -0.0834. The Morgan fingerprint density at radius 3 is 2.59 bits per heavy atom. The summed E-state index contributed by atoms with van der Waals surface area (Å²) < 4.78 is 6.52. The van der Waals surface area contributed by atoms with E-state index in [4.69, 9.17) is 15.0 Å². The Labute approximate surface area is 198 Å². The highest BCUT2D eigenvalue weighted by Crippen LogP contribution is 2.32. The highest BCUT2D eigenvalue weighted by molar-refractivity contribution is 7.22. The van der Waals surface area contributed by atoms with Gasteiger partial charge in [0, 0.05) is 31.7 Å². The van der Waals surface area contributed by atoms with Gasteiger partial charge in [0.05, 0.1) is 35.1 Å². The molecule has 0 spiro atoms. The van der Waals surface area contributed by atoms with Gasteiger partial charge in [0.25, 0.3) is 5.91 Å². The number of halogens is 1. The van der Waals surface area contributed by atoms with Gasteiger partial charge in [0.2, 0.25) is 0 Å². The number of amides is 1. The number of hydrogen-bond donors (Lipinski definition) is 0. The van der Waals surface area contributed by atoms with Gasteiger partial charge in [0.1, 0.15) is 0 Å². The van der Waals surface area contributed by atoms with E-state index in [1.165, 1.54) is 5.56 Å². The lowest BCUT2D eigenvalue weighted by atomic mass is 10.1. The minimum Gasteiger partial charge on any atom is -0.379 e. The summed E-state index contributed by atoms with van der Waals surface area (Å²) in [7, 11) is 0. The fourth-order valence-electron chi connectivity index (χ4n) is 3.73. The number of carbonyl (C=O) groups excluding carboxylic acids is 1. The molecule has 2 heterocycles. The lowest BCUT2D eigenvalue weighted by Crippen LogP contribution is -2.39.